The van der Waals surface area contributed by atoms with E-state index in [9.17, 15) is 0 Å². The summed E-state index contributed by atoms with van der Waals surface area (Å²) in [5.74, 6) is 0. The Hall–Kier alpha value is -1.12. The molecule has 106 valence electrons. The van der Waals surface area contributed by atoms with E-state index in [1.54, 1.807) is 0 Å². The number of hydrogen-bond acceptors (Lipinski definition) is 1. The van der Waals surface area contributed by atoms with Crippen LogP contribution in [-0.2, 0) is 6.42 Å². The molecule has 0 heterocycles. The Morgan fingerprint density at radius 3 is 2.45 bits per heavy atom. The van der Waals surface area contributed by atoms with Crippen molar-refractivity contribution in [3.63, 3.8) is 0 Å². The van der Waals surface area contributed by atoms with Gasteiger partial charge in [-0.1, -0.05) is 46.3 Å². The van der Waals surface area contributed by atoms with Crippen molar-refractivity contribution in [2.45, 2.75) is 33.2 Å². The summed E-state index contributed by atoms with van der Waals surface area (Å²) in [5, 5.41) is 3.45. The third kappa shape index (κ3) is 3.31. The van der Waals surface area contributed by atoms with Crippen molar-refractivity contribution in [1.29, 1.82) is 0 Å². The molecule has 0 aliphatic heterocycles. The van der Waals surface area contributed by atoms with Gasteiger partial charge >= 0.3 is 0 Å². The summed E-state index contributed by atoms with van der Waals surface area (Å²) < 4.78 is 1.18. The minimum absolute atomic E-state index is 0.342. The van der Waals surface area contributed by atoms with Gasteiger partial charge in [-0.3, -0.25) is 0 Å². The van der Waals surface area contributed by atoms with Gasteiger partial charge in [-0.25, -0.2) is 0 Å². The Morgan fingerprint density at radius 2 is 1.80 bits per heavy atom. The maximum atomic E-state index is 3.62. The van der Waals surface area contributed by atoms with Crippen LogP contribution in [0.15, 0.2) is 40.9 Å². The summed E-state index contributed by atoms with van der Waals surface area (Å²) in [4.78, 5) is 0. The average molecular weight is 332 g/mol. The topological polar surface area (TPSA) is 12.0 Å². The molecule has 0 aliphatic carbocycles. The highest BCUT2D eigenvalue weighted by Gasteiger charge is 2.14. The maximum Gasteiger partial charge on any atom is 0.0361 e. The molecule has 1 atom stereocenters. The summed E-state index contributed by atoms with van der Waals surface area (Å²) in [6.07, 6.45) is 1.01. The molecule has 0 aromatic heterocycles. The summed E-state index contributed by atoms with van der Waals surface area (Å²) in [6.45, 7) is 6.51. The molecule has 0 fully saturated rings. The quantitative estimate of drug-likeness (QED) is 0.842. The first-order chi connectivity index (χ1) is 9.52. The zero-order valence-electron chi connectivity index (χ0n) is 12.6. The smallest absolute Gasteiger partial charge is 0.0361 e. The molecule has 0 spiro atoms. The lowest BCUT2D eigenvalue weighted by Crippen LogP contribution is -2.20. The second-order valence-corrected chi connectivity index (χ2v) is 6.27. The first kappa shape index (κ1) is 15.3. The Kier molecular flexibility index (Phi) is 5.00. The molecule has 20 heavy (non-hydrogen) atoms. The number of aryl methyl sites for hydroxylation is 2. The number of likely N-dealkylation sites (N-methyl/N-ethyl adjacent to an activating group) is 1. The Labute approximate surface area is 130 Å². The molecule has 0 aliphatic rings. The first-order valence-electron chi connectivity index (χ1n) is 7.01. The van der Waals surface area contributed by atoms with Gasteiger partial charge in [-0.15, -0.1) is 0 Å². The second kappa shape index (κ2) is 6.55. The molecule has 0 amide bonds. The van der Waals surface area contributed by atoms with Gasteiger partial charge in [0.2, 0.25) is 0 Å². The maximum absolute atomic E-state index is 3.62. The van der Waals surface area contributed by atoms with Crippen LogP contribution in [0.3, 0.4) is 0 Å². The fourth-order valence-corrected chi connectivity index (χ4v) is 2.92. The molecule has 0 saturated heterocycles. The van der Waals surface area contributed by atoms with E-state index in [2.05, 4.69) is 78.4 Å². The van der Waals surface area contributed by atoms with Gasteiger partial charge < -0.3 is 5.32 Å². The van der Waals surface area contributed by atoms with Crippen LogP contribution >= 0.6 is 15.9 Å². The highest BCUT2D eigenvalue weighted by atomic mass is 79.9. The largest absolute Gasteiger partial charge is 0.313 e. The van der Waals surface area contributed by atoms with E-state index in [1.165, 1.54) is 32.3 Å². The zero-order valence-corrected chi connectivity index (χ0v) is 14.2. The highest BCUT2D eigenvalue weighted by molar-refractivity contribution is 9.10. The molecular formula is C18H22BrN. The van der Waals surface area contributed by atoms with Crippen molar-refractivity contribution >= 4 is 15.9 Å². The summed E-state index contributed by atoms with van der Waals surface area (Å²) in [5.41, 5.74) is 6.78. The Balaban J connectivity index is 2.28. The summed E-state index contributed by atoms with van der Waals surface area (Å²) in [7, 11) is 2.03. The molecular weight excluding hydrogens is 310 g/mol. The van der Waals surface area contributed by atoms with E-state index in [0.29, 0.717) is 6.04 Å². The van der Waals surface area contributed by atoms with Gasteiger partial charge in [0.05, 0.1) is 0 Å². The van der Waals surface area contributed by atoms with E-state index >= 15 is 0 Å². The first-order valence-corrected chi connectivity index (χ1v) is 7.80. The second-order valence-electron chi connectivity index (χ2n) is 5.42. The molecule has 2 aromatic rings. The van der Waals surface area contributed by atoms with Crippen LogP contribution in [0, 0.1) is 20.8 Å². The molecule has 0 radical (unpaired) electrons. The van der Waals surface area contributed by atoms with Crippen molar-refractivity contribution in [2.24, 2.45) is 0 Å². The van der Waals surface area contributed by atoms with Gasteiger partial charge in [0, 0.05) is 10.5 Å². The fraction of sp³-hybridized carbons (Fsp3) is 0.333. The molecule has 1 unspecified atom stereocenters. The van der Waals surface area contributed by atoms with E-state index < -0.39 is 0 Å². The fourth-order valence-electron chi connectivity index (χ4n) is 2.54. The third-order valence-corrected chi connectivity index (χ3v) is 4.90. The zero-order chi connectivity index (χ0) is 14.7. The SMILES string of the molecule is CNC(Cc1ccc(C)c(C)c1)c1cccc(Br)c1C. The molecule has 1 nitrogen and oxygen atoms in total. The summed E-state index contributed by atoms with van der Waals surface area (Å²) >= 11 is 3.62. The van der Waals surface area contributed by atoms with E-state index in [4.69, 9.17) is 0 Å². The van der Waals surface area contributed by atoms with Gasteiger partial charge in [-0.05, 0) is 68.1 Å². The molecule has 0 bridgehead atoms. The monoisotopic (exact) mass is 331 g/mol. The lowest BCUT2D eigenvalue weighted by Gasteiger charge is -2.20. The van der Waals surface area contributed by atoms with Gasteiger partial charge in [0.15, 0.2) is 0 Å². The molecule has 1 N–H and O–H groups in total. The Bertz CT molecular complexity index is 604. The number of hydrogen-bond donors (Lipinski definition) is 1. The van der Waals surface area contributed by atoms with Crippen LogP contribution in [0.1, 0.15) is 33.9 Å². The van der Waals surface area contributed by atoms with Crippen LogP contribution in [0.4, 0.5) is 0 Å². The van der Waals surface area contributed by atoms with Crippen LogP contribution < -0.4 is 5.32 Å². The van der Waals surface area contributed by atoms with Crippen molar-refractivity contribution in [3.8, 4) is 0 Å². The van der Waals surface area contributed by atoms with Crippen molar-refractivity contribution in [3.05, 3.63) is 68.7 Å². The Morgan fingerprint density at radius 1 is 1.05 bits per heavy atom. The number of nitrogens with one attached hydrogen (secondary N) is 1. The molecule has 2 heteroatoms. The summed E-state index contributed by atoms with van der Waals surface area (Å²) in [6, 6.07) is 13.5. The van der Waals surface area contributed by atoms with E-state index in [0.717, 1.165) is 6.42 Å². The molecule has 2 rings (SSSR count). The minimum atomic E-state index is 0.342. The number of benzene rings is 2. The number of halogens is 1. The van der Waals surface area contributed by atoms with Crippen molar-refractivity contribution in [1.82, 2.24) is 5.32 Å². The lowest BCUT2D eigenvalue weighted by atomic mass is 9.94. The highest BCUT2D eigenvalue weighted by Crippen LogP contribution is 2.27. The molecule has 0 saturated carbocycles. The number of rotatable bonds is 4. The minimum Gasteiger partial charge on any atom is -0.313 e. The standard InChI is InChI=1S/C18H22BrN/c1-12-8-9-15(10-13(12)2)11-18(20-4)16-6-5-7-17(19)14(16)3/h5-10,18,20H,11H2,1-4H3. The van der Waals surface area contributed by atoms with Crippen molar-refractivity contribution in [2.75, 3.05) is 7.05 Å². The van der Waals surface area contributed by atoms with Crippen LogP contribution in [-0.4, -0.2) is 7.05 Å². The van der Waals surface area contributed by atoms with Crippen molar-refractivity contribution < 1.29 is 0 Å². The predicted molar refractivity (Wildman–Crippen MR) is 90.3 cm³/mol. The predicted octanol–water partition coefficient (Wildman–Crippen LogP) is 4.88. The van der Waals surface area contributed by atoms with Crippen LogP contribution in [0.25, 0.3) is 0 Å². The average Bonchev–Trinajstić information content (AvgIpc) is 2.43. The van der Waals surface area contributed by atoms with Crippen LogP contribution in [0.2, 0.25) is 0 Å². The van der Waals surface area contributed by atoms with Gasteiger partial charge in [0.25, 0.3) is 0 Å². The van der Waals surface area contributed by atoms with E-state index in [1.807, 2.05) is 7.05 Å². The normalized spacial score (nSPS) is 12.4. The van der Waals surface area contributed by atoms with Gasteiger partial charge in [-0.2, -0.15) is 0 Å². The third-order valence-electron chi connectivity index (χ3n) is 4.04. The lowest BCUT2D eigenvalue weighted by molar-refractivity contribution is 0.588. The van der Waals surface area contributed by atoms with E-state index in [-0.39, 0.29) is 0 Å². The van der Waals surface area contributed by atoms with Gasteiger partial charge in [0.1, 0.15) is 0 Å². The van der Waals surface area contributed by atoms with Crippen LogP contribution in [0.5, 0.6) is 0 Å². The molecule has 2 aromatic carbocycles.